The number of H-pyrrole nitrogens is 1. The molecule has 0 aliphatic carbocycles. The van der Waals surface area contributed by atoms with Gasteiger partial charge in [0.2, 0.25) is 5.91 Å². The second-order valence-electron chi connectivity index (χ2n) is 12.2. The number of nitrogens with one attached hydrogen (secondary N) is 2. The van der Waals surface area contributed by atoms with Crippen molar-refractivity contribution < 1.29 is 24.2 Å². The van der Waals surface area contributed by atoms with Gasteiger partial charge in [0.15, 0.2) is 6.79 Å². The third-order valence-corrected chi connectivity index (χ3v) is 8.35. The maximum Gasteiger partial charge on any atom is 0.272 e. The number of nitrogens with zero attached hydrogens (tertiary/aromatic N) is 3. The molecular formula is C33H35N5O5. The van der Waals surface area contributed by atoms with Crippen LogP contribution in [0, 0.1) is 5.41 Å². The van der Waals surface area contributed by atoms with E-state index in [4.69, 9.17) is 4.74 Å². The zero-order valence-electron chi connectivity index (χ0n) is 24.4. The lowest BCUT2D eigenvalue weighted by molar-refractivity contribution is -0.138. The first-order valence-corrected chi connectivity index (χ1v) is 14.4. The van der Waals surface area contributed by atoms with Gasteiger partial charge in [-0.2, -0.15) is 0 Å². The number of fused-ring (bicyclic) bond motifs is 3. The van der Waals surface area contributed by atoms with Crippen molar-refractivity contribution in [2.75, 3.05) is 19.9 Å². The number of carbonyl (C=O) groups is 3. The molecule has 2 fully saturated rings. The van der Waals surface area contributed by atoms with Crippen LogP contribution in [0.25, 0.3) is 22.0 Å². The SMILES string of the molecule is CC(C)(C)[C@H](NC(=O)c1cc2ccccc2[nH]1)C(=O)N1C[C@@H]2C[C@H]1CN2C(=O)c1ccc(-c2ccccc2OCO)cn1. The Kier molecular flexibility index (Phi) is 7.39. The normalized spacial score (nSPS) is 18.6. The monoisotopic (exact) mass is 581 g/mol. The number of hydrogen-bond acceptors (Lipinski definition) is 6. The molecule has 2 saturated heterocycles. The average molecular weight is 582 g/mol. The molecule has 3 N–H and O–H groups in total. The van der Waals surface area contributed by atoms with Gasteiger partial charge in [0.05, 0.1) is 12.1 Å². The highest BCUT2D eigenvalue weighted by atomic mass is 16.6. The number of pyridine rings is 1. The van der Waals surface area contributed by atoms with Crippen LogP contribution in [0.2, 0.25) is 0 Å². The van der Waals surface area contributed by atoms with Crippen molar-refractivity contribution in [3.05, 3.63) is 84.3 Å². The molecule has 10 heteroatoms. The number of aromatic amines is 1. The summed E-state index contributed by atoms with van der Waals surface area (Å²) in [4.78, 5) is 51.7. The van der Waals surface area contributed by atoms with E-state index < -0.39 is 18.2 Å². The van der Waals surface area contributed by atoms with E-state index >= 15 is 0 Å². The van der Waals surface area contributed by atoms with Crippen molar-refractivity contribution in [2.45, 2.75) is 45.3 Å². The van der Waals surface area contributed by atoms with E-state index in [0.717, 1.165) is 22.0 Å². The fourth-order valence-electron chi connectivity index (χ4n) is 6.13. The number of carbonyl (C=O) groups excluding carboxylic acids is 3. The molecule has 0 radical (unpaired) electrons. The average Bonchev–Trinajstić information content (AvgIpc) is 3.74. The predicted octanol–water partition coefficient (Wildman–Crippen LogP) is 3.83. The quantitative estimate of drug-likeness (QED) is 0.285. The summed E-state index contributed by atoms with van der Waals surface area (Å²) in [5.74, 6) is -0.113. The first kappa shape index (κ1) is 28.4. The van der Waals surface area contributed by atoms with E-state index in [-0.39, 0.29) is 29.8 Å². The summed E-state index contributed by atoms with van der Waals surface area (Å²) in [7, 11) is 0. The maximum absolute atomic E-state index is 13.9. The molecule has 0 spiro atoms. The van der Waals surface area contributed by atoms with Crippen molar-refractivity contribution in [1.29, 1.82) is 0 Å². The molecule has 2 aromatic carbocycles. The van der Waals surface area contributed by atoms with Crippen molar-refractivity contribution in [1.82, 2.24) is 25.1 Å². The number of rotatable bonds is 7. The molecule has 0 saturated carbocycles. The van der Waals surface area contributed by atoms with Gasteiger partial charge >= 0.3 is 0 Å². The van der Waals surface area contributed by atoms with Gasteiger partial charge in [-0.3, -0.25) is 19.4 Å². The lowest BCUT2D eigenvalue weighted by Gasteiger charge is -2.39. The van der Waals surface area contributed by atoms with Gasteiger partial charge in [-0.25, -0.2) is 0 Å². The third kappa shape index (κ3) is 5.46. The van der Waals surface area contributed by atoms with Crippen LogP contribution in [0.1, 0.15) is 48.2 Å². The molecule has 222 valence electrons. The zero-order chi connectivity index (χ0) is 30.3. The third-order valence-electron chi connectivity index (χ3n) is 8.35. The number of para-hydroxylation sites is 2. The Bertz CT molecular complexity index is 1640. The molecule has 2 aromatic heterocycles. The minimum Gasteiger partial charge on any atom is -0.467 e. The molecule has 0 unspecified atom stereocenters. The van der Waals surface area contributed by atoms with Crippen LogP contribution in [-0.4, -0.2) is 80.6 Å². The standard InChI is InChI=1S/C33H35N5O5/c1-33(2,3)29(36-30(40)27-14-20-8-4-6-10-25(20)35-27)32(42)38-18-22-15-23(38)17-37(22)31(41)26-13-12-21(16-34-26)24-9-5-7-11-28(24)43-19-39/h4-14,16,22-23,29,35,39H,15,17-19H2,1-3H3,(H,36,40)/t22-,23-,29+/m0/s1. The van der Waals surface area contributed by atoms with Crippen LogP contribution in [0.15, 0.2) is 72.9 Å². The highest BCUT2D eigenvalue weighted by molar-refractivity contribution is 6.00. The van der Waals surface area contributed by atoms with Crippen LogP contribution in [0.4, 0.5) is 0 Å². The molecule has 4 aromatic rings. The van der Waals surface area contributed by atoms with Gasteiger partial charge in [0, 0.05) is 41.3 Å². The Morgan fingerprint density at radius 2 is 1.74 bits per heavy atom. The van der Waals surface area contributed by atoms with Crippen LogP contribution in [-0.2, 0) is 4.79 Å². The summed E-state index contributed by atoms with van der Waals surface area (Å²) in [6.07, 6.45) is 2.31. The fraction of sp³-hybridized carbons (Fsp3) is 0.333. The summed E-state index contributed by atoms with van der Waals surface area (Å²) in [6, 6.07) is 19.3. The second kappa shape index (κ2) is 11.2. The molecule has 4 heterocycles. The number of aliphatic hydroxyl groups excluding tert-OH is 1. The largest absolute Gasteiger partial charge is 0.467 e. The van der Waals surface area contributed by atoms with Gasteiger partial charge in [0.25, 0.3) is 11.8 Å². The van der Waals surface area contributed by atoms with E-state index in [2.05, 4.69) is 15.3 Å². The van der Waals surface area contributed by atoms with Gasteiger partial charge in [-0.15, -0.1) is 0 Å². The molecule has 2 aliphatic heterocycles. The number of piperazine rings is 1. The lowest BCUT2D eigenvalue weighted by Crippen LogP contribution is -2.59. The van der Waals surface area contributed by atoms with Gasteiger partial charge < -0.3 is 29.9 Å². The molecule has 6 rings (SSSR count). The number of ether oxygens (including phenoxy) is 1. The highest BCUT2D eigenvalue weighted by Crippen LogP contribution is 2.35. The molecule has 2 aliphatic rings. The van der Waals surface area contributed by atoms with E-state index in [1.807, 2.05) is 74.2 Å². The molecule has 10 nitrogen and oxygen atoms in total. The Hall–Kier alpha value is -4.70. The Balaban J connectivity index is 1.13. The summed E-state index contributed by atoms with van der Waals surface area (Å²) < 4.78 is 5.30. The van der Waals surface area contributed by atoms with Crippen LogP contribution < -0.4 is 10.1 Å². The van der Waals surface area contributed by atoms with Crippen molar-refractivity contribution in [2.24, 2.45) is 5.41 Å². The second-order valence-corrected chi connectivity index (χ2v) is 12.2. The predicted molar refractivity (Wildman–Crippen MR) is 161 cm³/mol. The van der Waals surface area contributed by atoms with Gasteiger partial charge in [-0.1, -0.05) is 63.2 Å². The number of amides is 3. The number of benzene rings is 2. The van der Waals surface area contributed by atoms with E-state index in [1.165, 1.54) is 0 Å². The van der Waals surface area contributed by atoms with Crippen LogP contribution in [0.5, 0.6) is 5.75 Å². The summed E-state index contributed by atoms with van der Waals surface area (Å²) in [5, 5.41) is 13.1. The van der Waals surface area contributed by atoms with E-state index in [9.17, 15) is 19.5 Å². The summed E-state index contributed by atoms with van der Waals surface area (Å²) in [6.45, 7) is 6.20. The summed E-state index contributed by atoms with van der Waals surface area (Å²) >= 11 is 0. The fourth-order valence-corrected chi connectivity index (χ4v) is 6.13. The first-order valence-electron chi connectivity index (χ1n) is 14.4. The van der Waals surface area contributed by atoms with Crippen molar-refractivity contribution in [3.8, 4) is 16.9 Å². The van der Waals surface area contributed by atoms with Crippen LogP contribution in [0.3, 0.4) is 0 Å². The van der Waals surface area contributed by atoms with Crippen molar-refractivity contribution >= 4 is 28.6 Å². The number of aliphatic hydroxyl groups is 1. The lowest BCUT2D eigenvalue weighted by atomic mass is 9.85. The Morgan fingerprint density at radius 3 is 2.42 bits per heavy atom. The van der Waals surface area contributed by atoms with Gasteiger partial charge in [-0.05, 0) is 36.1 Å². The number of likely N-dealkylation sites (tertiary alicyclic amines) is 2. The smallest absolute Gasteiger partial charge is 0.272 e. The molecule has 43 heavy (non-hydrogen) atoms. The molecule has 3 amide bonds. The van der Waals surface area contributed by atoms with E-state index in [1.54, 1.807) is 29.3 Å². The number of hydrogen-bond donors (Lipinski definition) is 3. The first-order chi connectivity index (χ1) is 20.6. The van der Waals surface area contributed by atoms with E-state index in [0.29, 0.717) is 36.6 Å². The van der Waals surface area contributed by atoms with Crippen LogP contribution >= 0.6 is 0 Å². The number of aromatic nitrogens is 2. The Labute approximate surface area is 249 Å². The minimum atomic E-state index is -0.734. The maximum atomic E-state index is 13.9. The van der Waals surface area contributed by atoms with Crippen molar-refractivity contribution in [3.63, 3.8) is 0 Å². The highest BCUT2D eigenvalue weighted by Gasteiger charge is 2.50. The zero-order valence-corrected chi connectivity index (χ0v) is 24.4. The molecule has 3 atom stereocenters. The Morgan fingerprint density at radius 1 is 1.02 bits per heavy atom. The molecular weight excluding hydrogens is 546 g/mol. The minimum absolute atomic E-state index is 0.119. The molecule has 2 bridgehead atoms. The topological polar surface area (TPSA) is 128 Å². The summed E-state index contributed by atoms with van der Waals surface area (Å²) in [5.41, 5.74) is 2.60. The van der Waals surface area contributed by atoms with Gasteiger partial charge in [0.1, 0.15) is 23.2 Å².